The molecule has 1 aliphatic heterocycles. The van der Waals surface area contributed by atoms with E-state index in [0.717, 1.165) is 43.9 Å². The fraction of sp³-hybridized carbons (Fsp3) is 0.611. The van der Waals surface area contributed by atoms with Crippen LogP contribution < -0.4 is 0 Å². The first kappa shape index (κ1) is 17.3. The summed E-state index contributed by atoms with van der Waals surface area (Å²) in [7, 11) is 1.89. The van der Waals surface area contributed by atoms with E-state index in [4.69, 9.17) is 16.3 Å². The number of amides is 1. The highest BCUT2D eigenvalue weighted by atomic mass is 35.5. The molecule has 4 heteroatoms. The summed E-state index contributed by atoms with van der Waals surface area (Å²) in [5, 5.41) is 0.758. The number of benzene rings is 1. The van der Waals surface area contributed by atoms with Gasteiger partial charge in [0.2, 0.25) is 5.91 Å². The maximum absolute atomic E-state index is 12.1. The summed E-state index contributed by atoms with van der Waals surface area (Å²) in [4.78, 5) is 14.0. The largest absolute Gasteiger partial charge is 0.378 e. The molecule has 1 aliphatic rings. The van der Waals surface area contributed by atoms with Crippen LogP contribution in [0.4, 0.5) is 0 Å². The van der Waals surface area contributed by atoms with Gasteiger partial charge >= 0.3 is 0 Å². The van der Waals surface area contributed by atoms with Crippen LogP contribution >= 0.6 is 11.6 Å². The van der Waals surface area contributed by atoms with E-state index in [1.807, 2.05) is 30.1 Å². The summed E-state index contributed by atoms with van der Waals surface area (Å²) < 4.78 is 5.71. The van der Waals surface area contributed by atoms with E-state index in [1.54, 1.807) is 0 Å². The molecule has 0 saturated carbocycles. The van der Waals surface area contributed by atoms with Gasteiger partial charge in [0.15, 0.2) is 0 Å². The molecule has 2 rings (SSSR count). The molecule has 1 aromatic rings. The minimum Gasteiger partial charge on any atom is -0.378 e. The third-order valence-corrected chi connectivity index (χ3v) is 4.47. The van der Waals surface area contributed by atoms with Gasteiger partial charge in [0.1, 0.15) is 0 Å². The maximum atomic E-state index is 12.1. The summed E-state index contributed by atoms with van der Waals surface area (Å²) in [6.07, 6.45) is 7.21. The Morgan fingerprint density at radius 1 is 1.41 bits per heavy atom. The summed E-state index contributed by atoms with van der Waals surface area (Å²) in [5.41, 5.74) is 1.19. The summed E-state index contributed by atoms with van der Waals surface area (Å²) in [6, 6.07) is 7.85. The Bertz CT molecular complexity index is 472. The lowest BCUT2D eigenvalue weighted by Crippen LogP contribution is -2.31. The quantitative estimate of drug-likeness (QED) is 0.756. The molecule has 1 unspecified atom stereocenters. The number of rotatable bonds is 7. The monoisotopic (exact) mass is 323 g/mol. The molecule has 0 bridgehead atoms. The Labute approximate surface area is 138 Å². The minimum absolute atomic E-state index is 0.220. The molecule has 122 valence electrons. The van der Waals surface area contributed by atoms with E-state index in [1.165, 1.54) is 18.4 Å². The lowest BCUT2D eigenvalue weighted by molar-refractivity contribution is -0.130. The standard InChI is InChI=1S/C18H26ClNO2/c1-20(12-11-17-9-2-3-13-22-17)18(21)10-5-7-15-6-4-8-16(19)14-15/h4,6,8,14,17H,2-3,5,7,9-13H2,1H3. The molecule has 3 nitrogen and oxygen atoms in total. The fourth-order valence-corrected chi connectivity index (χ4v) is 3.04. The highest BCUT2D eigenvalue weighted by molar-refractivity contribution is 6.30. The van der Waals surface area contributed by atoms with Gasteiger partial charge in [-0.2, -0.15) is 0 Å². The van der Waals surface area contributed by atoms with Crippen molar-refractivity contribution in [3.05, 3.63) is 34.9 Å². The Balaban J connectivity index is 1.63. The summed E-state index contributed by atoms with van der Waals surface area (Å²) in [6.45, 7) is 1.67. The number of halogens is 1. The number of carbonyl (C=O) groups is 1. The number of hydrogen-bond acceptors (Lipinski definition) is 2. The zero-order chi connectivity index (χ0) is 15.8. The van der Waals surface area contributed by atoms with Crippen molar-refractivity contribution < 1.29 is 9.53 Å². The topological polar surface area (TPSA) is 29.5 Å². The number of ether oxygens (including phenoxy) is 1. The van der Waals surface area contributed by atoms with E-state index in [0.29, 0.717) is 12.5 Å². The first-order chi connectivity index (χ1) is 10.6. The molecular formula is C18H26ClNO2. The molecule has 1 saturated heterocycles. The van der Waals surface area contributed by atoms with Crippen molar-refractivity contribution in [3.8, 4) is 0 Å². The van der Waals surface area contributed by atoms with Crippen molar-refractivity contribution in [2.24, 2.45) is 0 Å². The van der Waals surface area contributed by atoms with Gasteiger partial charge in [-0.25, -0.2) is 0 Å². The van der Waals surface area contributed by atoms with Crippen molar-refractivity contribution in [1.29, 1.82) is 0 Å². The Morgan fingerprint density at radius 2 is 2.27 bits per heavy atom. The SMILES string of the molecule is CN(CCC1CCCCO1)C(=O)CCCc1cccc(Cl)c1. The van der Waals surface area contributed by atoms with Gasteiger partial charge in [-0.15, -0.1) is 0 Å². The van der Waals surface area contributed by atoms with Gasteiger partial charge < -0.3 is 9.64 Å². The van der Waals surface area contributed by atoms with Crippen LogP contribution in [0.25, 0.3) is 0 Å². The van der Waals surface area contributed by atoms with Crippen molar-refractivity contribution >= 4 is 17.5 Å². The van der Waals surface area contributed by atoms with Gasteiger partial charge in [-0.3, -0.25) is 4.79 Å². The van der Waals surface area contributed by atoms with Crippen LogP contribution in [0.5, 0.6) is 0 Å². The summed E-state index contributed by atoms with van der Waals surface area (Å²) in [5.74, 6) is 0.220. The molecule has 1 amide bonds. The molecule has 0 aromatic heterocycles. The van der Waals surface area contributed by atoms with Gasteiger partial charge in [0, 0.05) is 31.6 Å². The second-order valence-corrected chi connectivity index (χ2v) is 6.51. The first-order valence-corrected chi connectivity index (χ1v) is 8.63. The highest BCUT2D eigenvalue weighted by Crippen LogP contribution is 2.16. The number of carbonyl (C=O) groups excluding carboxylic acids is 1. The average Bonchev–Trinajstić information content (AvgIpc) is 2.53. The van der Waals surface area contributed by atoms with E-state index in [-0.39, 0.29) is 5.91 Å². The predicted octanol–water partition coefficient (Wildman–Crippen LogP) is 4.08. The zero-order valence-electron chi connectivity index (χ0n) is 13.4. The third-order valence-electron chi connectivity index (χ3n) is 4.23. The van der Waals surface area contributed by atoms with Gasteiger partial charge in [-0.1, -0.05) is 23.7 Å². The fourth-order valence-electron chi connectivity index (χ4n) is 2.82. The van der Waals surface area contributed by atoms with Crippen LogP contribution in [-0.4, -0.2) is 37.1 Å². The molecule has 1 atom stereocenters. The molecule has 1 heterocycles. The Hall–Kier alpha value is -1.06. The van der Waals surface area contributed by atoms with Crippen LogP contribution in [0.3, 0.4) is 0 Å². The van der Waals surface area contributed by atoms with E-state index in [2.05, 4.69) is 6.07 Å². The molecule has 0 N–H and O–H groups in total. The first-order valence-electron chi connectivity index (χ1n) is 8.25. The van der Waals surface area contributed by atoms with E-state index < -0.39 is 0 Å². The molecule has 1 fully saturated rings. The third kappa shape index (κ3) is 5.98. The number of nitrogens with zero attached hydrogens (tertiary/aromatic N) is 1. The molecule has 0 radical (unpaired) electrons. The number of aryl methyl sites for hydroxylation is 1. The van der Waals surface area contributed by atoms with Crippen LogP contribution in [0, 0.1) is 0 Å². The summed E-state index contributed by atoms with van der Waals surface area (Å²) >= 11 is 5.96. The molecule has 0 aliphatic carbocycles. The Morgan fingerprint density at radius 3 is 3.00 bits per heavy atom. The maximum Gasteiger partial charge on any atom is 0.222 e. The zero-order valence-corrected chi connectivity index (χ0v) is 14.1. The van der Waals surface area contributed by atoms with Crippen LogP contribution in [-0.2, 0) is 16.0 Å². The predicted molar refractivity (Wildman–Crippen MR) is 90.2 cm³/mol. The van der Waals surface area contributed by atoms with Crippen molar-refractivity contribution in [3.63, 3.8) is 0 Å². The van der Waals surface area contributed by atoms with Crippen LogP contribution in [0.2, 0.25) is 5.02 Å². The van der Waals surface area contributed by atoms with E-state index >= 15 is 0 Å². The second-order valence-electron chi connectivity index (χ2n) is 6.08. The molecule has 22 heavy (non-hydrogen) atoms. The van der Waals surface area contributed by atoms with Crippen LogP contribution in [0.1, 0.15) is 44.1 Å². The normalized spacial score (nSPS) is 18.2. The van der Waals surface area contributed by atoms with Crippen molar-refractivity contribution in [1.82, 2.24) is 4.90 Å². The molecule has 0 spiro atoms. The molecular weight excluding hydrogens is 298 g/mol. The van der Waals surface area contributed by atoms with Crippen molar-refractivity contribution in [2.45, 2.75) is 51.0 Å². The highest BCUT2D eigenvalue weighted by Gasteiger charge is 2.16. The average molecular weight is 324 g/mol. The second kappa shape index (κ2) is 9.16. The van der Waals surface area contributed by atoms with Gasteiger partial charge in [0.05, 0.1) is 6.10 Å². The van der Waals surface area contributed by atoms with Gasteiger partial charge in [-0.05, 0) is 56.2 Å². The smallest absolute Gasteiger partial charge is 0.222 e. The lowest BCUT2D eigenvalue weighted by atomic mass is 10.1. The Kier molecular flexibility index (Phi) is 7.20. The number of hydrogen-bond donors (Lipinski definition) is 0. The van der Waals surface area contributed by atoms with Crippen LogP contribution in [0.15, 0.2) is 24.3 Å². The van der Waals surface area contributed by atoms with E-state index in [9.17, 15) is 4.79 Å². The van der Waals surface area contributed by atoms with Crippen molar-refractivity contribution in [2.75, 3.05) is 20.2 Å². The minimum atomic E-state index is 0.220. The lowest BCUT2D eigenvalue weighted by Gasteiger charge is -2.25. The van der Waals surface area contributed by atoms with Gasteiger partial charge in [0.25, 0.3) is 0 Å². The molecule has 1 aromatic carbocycles.